The van der Waals surface area contributed by atoms with Gasteiger partial charge in [0.1, 0.15) is 17.3 Å². The van der Waals surface area contributed by atoms with E-state index in [1.165, 1.54) is 0 Å². The topological polar surface area (TPSA) is 51.2 Å². The zero-order chi connectivity index (χ0) is 11.7. The number of carbonyl (C=O) groups excluding carboxylic acids is 3. The molecule has 86 valence electrons. The molecule has 0 spiro atoms. The van der Waals surface area contributed by atoms with Gasteiger partial charge in [-0.1, -0.05) is 26.7 Å². The van der Waals surface area contributed by atoms with E-state index in [9.17, 15) is 14.4 Å². The Morgan fingerprint density at radius 2 is 1.40 bits per heavy atom. The molecule has 0 aliphatic carbocycles. The normalized spacial score (nSPS) is 10.0. The molecule has 0 aromatic heterocycles. The average molecular weight is 212 g/mol. The Bertz CT molecular complexity index is 231. The van der Waals surface area contributed by atoms with Gasteiger partial charge in [0.15, 0.2) is 0 Å². The van der Waals surface area contributed by atoms with Gasteiger partial charge in [0.25, 0.3) is 0 Å². The molecule has 0 aliphatic rings. The molecule has 0 fully saturated rings. The smallest absolute Gasteiger partial charge is 0.147 e. The van der Waals surface area contributed by atoms with Gasteiger partial charge in [0.2, 0.25) is 0 Å². The molecular formula is C12H20O3. The van der Waals surface area contributed by atoms with Crippen molar-refractivity contribution in [2.45, 2.75) is 58.8 Å². The van der Waals surface area contributed by atoms with Crippen molar-refractivity contribution >= 4 is 17.3 Å². The second-order valence-electron chi connectivity index (χ2n) is 3.78. The van der Waals surface area contributed by atoms with Gasteiger partial charge in [-0.05, 0) is 6.42 Å². The van der Waals surface area contributed by atoms with E-state index in [1.807, 2.05) is 0 Å². The van der Waals surface area contributed by atoms with Crippen LogP contribution in [0.5, 0.6) is 0 Å². The van der Waals surface area contributed by atoms with E-state index in [0.717, 1.165) is 19.3 Å². The van der Waals surface area contributed by atoms with Crippen LogP contribution in [0.4, 0.5) is 0 Å². The summed E-state index contributed by atoms with van der Waals surface area (Å²) in [4.78, 5) is 33.4. The first-order valence-electron chi connectivity index (χ1n) is 5.65. The van der Waals surface area contributed by atoms with Crippen molar-refractivity contribution in [1.82, 2.24) is 0 Å². The van der Waals surface area contributed by atoms with Crippen LogP contribution in [-0.2, 0) is 14.4 Å². The van der Waals surface area contributed by atoms with Crippen LogP contribution in [0.3, 0.4) is 0 Å². The predicted molar refractivity (Wildman–Crippen MR) is 58.7 cm³/mol. The molecule has 0 atom stereocenters. The predicted octanol–water partition coefficient (Wildman–Crippen LogP) is 2.46. The van der Waals surface area contributed by atoms with Crippen LogP contribution < -0.4 is 0 Å². The number of carbonyl (C=O) groups is 3. The average Bonchev–Trinajstić information content (AvgIpc) is 2.17. The largest absolute Gasteiger partial charge is 0.299 e. The molecule has 0 aliphatic heterocycles. The first-order chi connectivity index (χ1) is 7.10. The molecule has 0 heterocycles. The summed E-state index contributed by atoms with van der Waals surface area (Å²) in [5, 5.41) is 0. The van der Waals surface area contributed by atoms with Crippen LogP contribution in [0.15, 0.2) is 0 Å². The molecule has 0 saturated heterocycles. The lowest BCUT2D eigenvalue weighted by molar-refractivity contribution is -0.129. The molecule has 15 heavy (non-hydrogen) atoms. The quantitative estimate of drug-likeness (QED) is 0.436. The van der Waals surface area contributed by atoms with Gasteiger partial charge in [-0.15, -0.1) is 0 Å². The highest BCUT2D eigenvalue weighted by atomic mass is 16.2. The third-order valence-electron chi connectivity index (χ3n) is 2.24. The molecule has 0 unspecified atom stereocenters. The molecule has 3 nitrogen and oxygen atoms in total. The molecular weight excluding hydrogens is 192 g/mol. The number of Topliss-reactive ketones (excluding diaryl/α,β-unsaturated/α-hetero) is 3. The summed E-state index contributed by atoms with van der Waals surface area (Å²) in [5.41, 5.74) is 0. The molecule has 0 bridgehead atoms. The Balaban J connectivity index is 3.67. The fourth-order valence-electron chi connectivity index (χ4n) is 1.29. The lowest BCUT2D eigenvalue weighted by atomic mass is 10.0. The summed E-state index contributed by atoms with van der Waals surface area (Å²) in [6.07, 6.45) is 3.65. The Hall–Kier alpha value is -0.990. The van der Waals surface area contributed by atoms with Gasteiger partial charge in [-0.3, -0.25) is 14.4 Å². The zero-order valence-corrected chi connectivity index (χ0v) is 9.67. The highest BCUT2D eigenvalue weighted by Crippen LogP contribution is 2.04. The SMILES string of the molecule is CCCCCC(=O)CC(=O)CC(=O)CC. The summed E-state index contributed by atoms with van der Waals surface area (Å²) >= 11 is 0. The van der Waals surface area contributed by atoms with Crippen molar-refractivity contribution in [3.05, 3.63) is 0 Å². The summed E-state index contributed by atoms with van der Waals surface area (Å²) in [6, 6.07) is 0. The zero-order valence-electron chi connectivity index (χ0n) is 9.67. The van der Waals surface area contributed by atoms with Gasteiger partial charge in [0.05, 0.1) is 12.8 Å². The van der Waals surface area contributed by atoms with Crippen molar-refractivity contribution in [1.29, 1.82) is 0 Å². The van der Waals surface area contributed by atoms with Gasteiger partial charge in [-0.25, -0.2) is 0 Å². The van der Waals surface area contributed by atoms with Crippen molar-refractivity contribution in [3.63, 3.8) is 0 Å². The minimum atomic E-state index is -0.233. The third-order valence-corrected chi connectivity index (χ3v) is 2.24. The first kappa shape index (κ1) is 14.0. The van der Waals surface area contributed by atoms with Gasteiger partial charge >= 0.3 is 0 Å². The fourth-order valence-corrected chi connectivity index (χ4v) is 1.29. The van der Waals surface area contributed by atoms with Gasteiger partial charge in [0, 0.05) is 12.8 Å². The number of unbranched alkanes of at least 4 members (excludes halogenated alkanes) is 2. The Morgan fingerprint density at radius 1 is 0.800 bits per heavy atom. The number of ketones is 3. The Labute approximate surface area is 91.2 Å². The molecule has 3 heteroatoms. The monoisotopic (exact) mass is 212 g/mol. The minimum Gasteiger partial charge on any atom is -0.299 e. The van der Waals surface area contributed by atoms with E-state index in [-0.39, 0.29) is 30.2 Å². The molecule has 0 aromatic carbocycles. The standard InChI is InChI=1S/C12H20O3/c1-3-5-6-7-11(14)9-12(15)8-10(13)4-2/h3-9H2,1-2H3. The van der Waals surface area contributed by atoms with Crippen molar-refractivity contribution in [2.24, 2.45) is 0 Å². The maximum absolute atomic E-state index is 11.3. The Morgan fingerprint density at radius 3 is 1.93 bits per heavy atom. The molecule has 0 aromatic rings. The Kier molecular flexibility index (Phi) is 7.78. The van der Waals surface area contributed by atoms with Crippen LogP contribution in [0.25, 0.3) is 0 Å². The summed E-state index contributed by atoms with van der Waals surface area (Å²) < 4.78 is 0. The van der Waals surface area contributed by atoms with Crippen LogP contribution in [0.2, 0.25) is 0 Å². The summed E-state index contributed by atoms with van der Waals surface area (Å²) in [5.74, 6) is -0.345. The van der Waals surface area contributed by atoms with Gasteiger partial charge < -0.3 is 0 Å². The lowest BCUT2D eigenvalue weighted by Crippen LogP contribution is -2.11. The van der Waals surface area contributed by atoms with E-state index < -0.39 is 0 Å². The van der Waals surface area contributed by atoms with Crippen LogP contribution in [0.1, 0.15) is 58.8 Å². The molecule has 0 saturated carbocycles. The second-order valence-corrected chi connectivity index (χ2v) is 3.78. The summed E-state index contributed by atoms with van der Waals surface area (Å²) in [6.45, 7) is 3.79. The first-order valence-corrected chi connectivity index (χ1v) is 5.65. The maximum Gasteiger partial charge on any atom is 0.147 e. The van der Waals surface area contributed by atoms with Crippen molar-refractivity contribution < 1.29 is 14.4 Å². The molecule has 0 radical (unpaired) electrons. The molecule has 0 N–H and O–H groups in total. The highest BCUT2D eigenvalue weighted by molar-refractivity contribution is 6.07. The van der Waals surface area contributed by atoms with Crippen molar-refractivity contribution in [3.8, 4) is 0 Å². The molecule has 0 rings (SSSR count). The highest BCUT2D eigenvalue weighted by Gasteiger charge is 2.12. The maximum atomic E-state index is 11.3. The third kappa shape index (κ3) is 8.03. The fraction of sp³-hybridized carbons (Fsp3) is 0.750. The number of hydrogen-bond acceptors (Lipinski definition) is 3. The number of rotatable bonds is 9. The summed E-state index contributed by atoms with van der Waals surface area (Å²) in [7, 11) is 0. The van der Waals surface area contributed by atoms with Crippen LogP contribution >= 0.6 is 0 Å². The van der Waals surface area contributed by atoms with Crippen LogP contribution in [-0.4, -0.2) is 17.3 Å². The van der Waals surface area contributed by atoms with E-state index in [0.29, 0.717) is 12.8 Å². The van der Waals surface area contributed by atoms with E-state index in [4.69, 9.17) is 0 Å². The van der Waals surface area contributed by atoms with E-state index >= 15 is 0 Å². The lowest BCUT2D eigenvalue weighted by Gasteiger charge is -1.99. The molecule has 0 amide bonds. The van der Waals surface area contributed by atoms with Crippen LogP contribution in [0, 0.1) is 0 Å². The second kappa shape index (κ2) is 8.33. The van der Waals surface area contributed by atoms with Gasteiger partial charge in [-0.2, -0.15) is 0 Å². The van der Waals surface area contributed by atoms with Crippen molar-refractivity contribution in [2.75, 3.05) is 0 Å². The van der Waals surface area contributed by atoms with E-state index in [2.05, 4.69) is 6.92 Å². The number of hydrogen-bond donors (Lipinski definition) is 0. The minimum absolute atomic E-state index is 0.0302. The van der Waals surface area contributed by atoms with E-state index in [1.54, 1.807) is 6.92 Å².